The van der Waals surface area contributed by atoms with Crippen molar-refractivity contribution in [3.63, 3.8) is 0 Å². The molecule has 0 spiro atoms. The number of ether oxygens (including phenoxy) is 1. The van der Waals surface area contributed by atoms with E-state index in [0.717, 1.165) is 6.16 Å². The summed E-state index contributed by atoms with van der Waals surface area (Å²) in [6, 6.07) is 41.9. The Labute approximate surface area is 174 Å². The van der Waals surface area contributed by atoms with Crippen molar-refractivity contribution in [1.82, 2.24) is 0 Å². The van der Waals surface area contributed by atoms with Gasteiger partial charge in [-0.3, -0.25) is 0 Å². The van der Waals surface area contributed by atoms with E-state index in [1.54, 1.807) is 7.11 Å². The summed E-state index contributed by atoms with van der Waals surface area (Å²) in [5.74, 6) is 0. The second kappa shape index (κ2) is 9.18. The summed E-state index contributed by atoms with van der Waals surface area (Å²) in [5, 5.41) is 4.23. The van der Waals surface area contributed by atoms with Crippen LogP contribution in [-0.2, 0) is 17.5 Å². The average molecular weight is 397 g/mol. The van der Waals surface area contributed by atoms with Crippen molar-refractivity contribution in [2.45, 2.75) is 12.8 Å². The Morgan fingerprint density at radius 1 is 0.552 bits per heavy atom. The molecular formula is C27H26OP+. The minimum atomic E-state index is -1.85. The van der Waals surface area contributed by atoms with Crippen LogP contribution in [0.2, 0.25) is 0 Å². The van der Waals surface area contributed by atoms with E-state index >= 15 is 0 Å². The highest BCUT2D eigenvalue weighted by atomic mass is 31.2. The van der Waals surface area contributed by atoms with Gasteiger partial charge < -0.3 is 4.74 Å². The summed E-state index contributed by atoms with van der Waals surface area (Å²) in [4.78, 5) is 0. The van der Waals surface area contributed by atoms with Gasteiger partial charge in [-0.15, -0.1) is 0 Å². The summed E-state index contributed by atoms with van der Waals surface area (Å²) >= 11 is 0. The minimum absolute atomic E-state index is 0.640. The Bertz CT molecular complexity index is 933. The van der Waals surface area contributed by atoms with Crippen LogP contribution in [0.3, 0.4) is 0 Å². The second-order valence-corrected chi connectivity index (χ2v) is 10.7. The molecule has 0 fully saturated rings. The van der Waals surface area contributed by atoms with Gasteiger partial charge >= 0.3 is 0 Å². The molecular weight excluding hydrogens is 371 g/mol. The van der Waals surface area contributed by atoms with Crippen LogP contribution in [0.5, 0.6) is 0 Å². The van der Waals surface area contributed by atoms with Crippen molar-refractivity contribution in [2.75, 3.05) is 7.11 Å². The monoisotopic (exact) mass is 397 g/mol. The molecule has 0 bridgehead atoms. The van der Waals surface area contributed by atoms with Gasteiger partial charge in [0.05, 0.1) is 12.8 Å². The molecule has 29 heavy (non-hydrogen) atoms. The van der Waals surface area contributed by atoms with Crippen molar-refractivity contribution in [2.24, 2.45) is 0 Å². The van der Waals surface area contributed by atoms with Gasteiger partial charge in [0.15, 0.2) is 0 Å². The Morgan fingerprint density at radius 2 is 1.00 bits per heavy atom. The molecule has 2 heteroatoms. The Kier molecular flexibility index (Phi) is 6.20. The van der Waals surface area contributed by atoms with Crippen molar-refractivity contribution < 1.29 is 4.74 Å². The van der Waals surface area contributed by atoms with E-state index in [-0.39, 0.29) is 0 Å². The van der Waals surface area contributed by atoms with E-state index in [4.69, 9.17) is 4.74 Å². The molecule has 144 valence electrons. The second-order valence-electron chi connectivity index (χ2n) is 7.23. The van der Waals surface area contributed by atoms with Gasteiger partial charge in [-0.1, -0.05) is 72.8 Å². The van der Waals surface area contributed by atoms with Gasteiger partial charge in [0.2, 0.25) is 0 Å². The van der Waals surface area contributed by atoms with E-state index in [1.165, 1.54) is 27.0 Å². The summed E-state index contributed by atoms with van der Waals surface area (Å²) in [6.07, 6.45) is 0.989. The maximum Gasteiger partial charge on any atom is 0.116 e. The quantitative estimate of drug-likeness (QED) is 0.383. The lowest BCUT2D eigenvalue weighted by molar-refractivity contribution is 0.185. The predicted octanol–water partition coefficient (Wildman–Crippen LogP) is 5.33. The Hall–Kier alpha value is -2.73. The number of hydrogen-bond donors (Lipinski definition) is 0. The third kappa shape index (κ3) is 4.17. The lowest BCUT2D eigenvalue weighted by atomic mass is 10.1. The Morgan fingerprint density at radius 3 is 1.45 bits per heavy atom. The fourth-order valence-corrected chi connectivity index (χ4v) is 8.26. The summed E-state index contributed by atoms with van der Waals surface area (Å²) in [5.41, 5.74) is 2.57. The zero-order chi connectivity index (χ0) is 19.9. The van der Waals surface area contributed by atoms with Crippen LogP contribution in [0.4, 0.5) is 0 Å². The molecule has 0 N–H and O–H groups in total. The zero-order valence-corrected chi connectivity index (χ0v) is 17.6. The predicted molar refractivity (Wildman–Crippen MR) is 126 cm³/mol. The zero-order valence-electron chi connectivity index (χ0n) is 16.7. The molecule has 0 heterocycles. The maximum absolute atomic E-state index is 5.38. The van der Waals surface area contributed by atoms with Crippen LogP contribution in [0.25, 0.3) is 0 Å². The molecule has 4 aromatic carbocycles. The highest BCUT2D eigenvalue weighted by molar-refractivity contribution is 7.95. The molecule has 0 aliphatic heterocycles. The first-order chi connectivity index (χ1) is 14.3. The van der Waals surface area contributed by atoms with Crippen molar-refractivity contribution in [3.8, 4) is 0 Å². The molecule has 0 unspecified atom stereocenters. The molecule has 0 radical (unpaired) electrons. The van der Waals surface area contributed by atoms with Crippen molar-refractivity contribution in [3.05, 3.63) is 126 Å². The van der Waals surface area contributed by atoms with Gasteiger partial charge in [-0.2, -0.15) is 0 Å². The van der Waals surface area contributed by atoms with E-state index in [2.05, 4.69) is 115 Å². The first kappa shape index (κ1) is 19.6. The first-order valence-electron chi connectivity index (χ1n) is 9.94. The molecule has 4 rings (SSSR count). The standard InChI is InChI=1S/C27H26OP/c1-28-21-23-12-11-13-24(20-23)22-29(25-14-5-2-6-15-25,26-16-7-3-8-17-26)27-18-9-4-10-19-27/h2-20H,21-22H2,1H3/q+1. The first-order valence-corrected chi connectivity index (χ1v) is 11.9. The third-order valence-corrected chi connectivity index (χ3v) is 9.69. The lowest BCUT2D eigenvalue weighted by Crippen LogP contribution is -2.32. The van der Waals surface area contributed by atoms with Crippen molar-refractivity contribution in [1.29, 1.82) is 0 Å². The minimum Gasteiger partial charge on any atom is -0.380 e. The van der Waals surface area contributed by atoms with Gasteiger partial charge in [0.1, 0.15) is 23.2 Å². The molecule has 0 aliphatic rings. The van der Waals surface area contributed by atoms with Gasteiger partial charge in [0.25, 0.3) is 0 Å². The molecule has 1 nitrogen and oxygen atoms in total. The van der Waals surface area contributed by atoms with Gasteiger partial charge in [-0.05, 0) is 53.6 Å². The number of methoxy groups -OCH3 is 1. The largest absolute Gasteiger partial charge is 0.380 e. The SMILES string of the molecule is COCc1cccc(C[P+](c2ccccc2)(c2ccccc2)c2ccccc2)c1. The van der Waals surface area contributed by atoms with Crippen LogP contribution in [0.15, 0.2) is 115 Å². The summed E-state index contributed by atoms with van der Waals surface area (Å²) in [6.45, 7) is 0.640. The van der Waals surface area contributed by atoms with E-state index < -0.39 is 7.26 Å². The Balaban J connectivity index is 1.94. The fraction of sp³-hybridized carbons (Fsp3) is 0.111. The smallest absolute Gasteiger partial charge is 0.116 e. The fourth-order valence-electron chi connectivity index (χ4n) is 4.03. The van der Waals surface area contributed by atoms with E-state index in [0.29, 0.717) is 6.61 Å². The van der Waals surface area contributed by atoms with Crippen LogP contribution in [0.1, 0.15) is 11.1 Å². The highest BCUT2D eigenvalue weighted by Gasteiger charge is 2.45. The van der Waals surface area contributed by atoms with Gasteiger partial charge in [0, 0.05) is 7.11 Å². The van der Waals surface area contributed by atoms with Crippen LogP contribution in [-0.4, -0.2) is 7.11 Å². The van der Waals surface area contributed by atoms with Crippen LogP contribution < -0.4 is 15.9 Å². The number of rotatable bonds is 7. The number of benzene rings is 4. The topological polar surface area (TPSA) is 9.23 Å². The van der Waals surface area contributed by atoms with Crippen molar-refractivity contribution >= 4 is 23.2 Å². The molecule has 0 aliphatic carbocycles. The molecule has 0 saturated carbocycles. The lowest BCUT2D eigenvalue weighted by Gasteiger charge is -2.28. The maximum atomic E-state index is 5.38. The summed E-state index contributed by atoms with van der Waals surface area (Å²) in [7, 11) is -0.103. The highest BCUT2D eigenvalue weighted by Crippen LogP contribution is 2.58. The molecule has 0 aromatic heterocycles. The number of hydrogen-bond acceptors (Lipinski definition) is 1. The molecule has 0 amide bonds. The van der Waals surface area contributed by atoms with E-state index in [1.807, 2.05) is 0 Å². The molecule has 0 saturated heterocycles. The van der Waals surface area contributed by atoms with Crippen LogP contribution in [0, 0.1) is 0 Å². The van der Waals surface area contributed by atoms with Gasteiger partial charge in [-0.25, -0.2) is 0 Å². The van der Waals surface area contributed by atoms with E-state index in [9.17, 15) is 0 Å². The molecule has 0 atom stereocenters. The summed E-state index contributed by atoms with van der Waals surface area (Å²) < 4.78 is 5.38. The molecule has 4 aromatic rings. The normalized spacial score (nSPS) is 11.3. The third-order valence-electron chi connectivity index (χ3n) is 5.31. The average Bonchev–Trinajstić information content (AvgIpc) is 2.80. The van der Waals surface area contributed by atoms with Crippen LogP contribution >= 0.6 is 7.26 Å².